The third-order valence-corrected chi connectivity index (χ3v) is 2.47. The van der Waals surface area contributed by atoms with Gasteiger partial charge in [0.2, 0.25) is 0 Å². The van der Waals surface area contributed by atoms with E-state index in [-0.39, 0.29) is 0 Å². The van der Waals surface area contributed by atoms with E-state index in [1.807, 2.05) is 0 Å². The highest BCUT2D eigenvalue weighted by Crippen LogP contribution is 2.06. The summed E-state index contributed by atoms with van der Waals surface area (Å²) in [7, 11) is 0. The number of unbranched alkanes of at least 4 members (excludes halogenated alkanes) is 6. The van der Waals surface area contributed by atoms with Crippen LogP contribution in [0.15, 0.2) is 10.2 Å². The molecule has 0 saturated carbocycles. The van der Waals surface area contributed by atoms with E-state index >= 15 is 0 Å². The first-order valence-electron chi connectivity index (χ1n) is 6.28. The van der Waals surface area contributed by atoms with Gasteiger partial charge < -0.3 is 5.11 Å². The van der Waals surface area contributed by atoms with Crippen LogP contribution in [0.1, 0.15) is 58.8 Å². The van der Waals surface area contributed by atoms with E-state index in [4.69, 9.17) is 5.11 Å². The summed E-state index contributed by atoms with van der Waals surface area (Å²) < 4.78 is 0. The van der Waals surface area contributed by atoms with Crippen LogP contribution in [0.25, 0.3) is 0 Å². The van der Waals surface area contributed by atoms with Gasteiger partial charge in [-0.15, -0.1) is 0 Å². The molecule has 0 amide bonds. The molecule has 16 heavy (non-hydrogen) atoms. The molecule has 1 atom stereocenters. The fraction of sp³-hybridized carbons (Fsp3) is 0.917. The number of carboxylic acids is 1. The van der Waals surface area contributed by atoms with Gasteiger partial charge in [0, 0.05) is 0 Å². The summed E-state index contributed by atoms with van der Waals surface area (Å²) >= 11 is 0. The number of nitrogens with zero attached hydrogens (tertiary/aromatic N) is 2. The van der Waals surface area contributed by atoms with E-state index in [1.54, 1.807) is 0 Å². The Kier molecular flexibility index (Phi) is 9.97. The Hall–Kier alpha value is -0.930. The molecule has 0 aromatic heterocycles. The van der Waals surface area contributed by atoms with E-state index in [1.165, 1.54) is 45.4 Å². The minimum Gasteiger partial charge on any atom is -0.480 e. The highest BCUT2D eigenvalue weighted by atomic mass is 16.4. The minimum atomic E-state index is -0.914. The van der Waals surface area contributed by atoms with Gasteiger partial charge in [-0.05, 0) is 13.3 Å². The summed E-state index contributed by atoms with van der Waals surface area (Å²) in [6.45, 7) is 4.41. The van der Waals surface area contributed by atoms with Crippen LogP contribution in [0.2, 0.25) is 0 Å². The molecule has 0 spiro atoms. The van der Waals surface area contributed by atoms with Crippen molar-refractivity contribution in [3.63, 3.8) is 0 Å². The summed E-state index contributed by atoms with van der Waals surface area (Å²) in [6.07, 6.45) is 8.68. The maximum absolute atomic E-state index is 10.4. The van der Waals surface area contributed by atoms with Crippen molar-refractivity contribution in [2.75, 3.05) is 6.54 Å². The summed E-state index contributed by atoms with van der Waals surface area (Å²) in [6, 6.07) is -0.704. The molecule has 1 unspecified atom stereocenters. The second kappa shape index (κ2) is 10.6. The van der Waals surface area contributed by atoms with E-state index in [2.05, 4.69) is 17.2 Å². The molecule has 4 heteroatoms. The smallest absolute Gasteiger partial charge is 0.330 e. The molecular weight excluding hydrogens is 204 g/mol. The Bertz CT molecular complexity index is 205. The quantitative estimate of drug-likeness (QED) is 0.458. The van der Waals surface area contributed by atoms with E-state index in [0.29, 0.717) is 6.54 Å². The second-order valence-electron chi connectivity index (χ2n) is 4.12. The minimum absolute atomic E-state index is 0.658. The monoisotopic (exact) mass is 228 g/mol. The van der Waals surface area contributed by atoms with Crippen molar-refractivity contribution in [3.8, 4) is 0 Å². The molecule has 0 heterocycles. The maximum atomic E-state index is 10.4. The number of rotatable bonds is 10. The number of azo groups is 1. The van der Waals surface area contributed by atoms with E-state index in [0.717, 1.165) is 6.42 Å². The molecule has 0 aliphatic rings. The van der Waals surface area contributed by atoms with Crippen LogP contribution in [-0.4, -0.2) is 23.7 Å². The average Bonchev–Trinajstić information content (AvgIpc) is 2.26. The highest BCUT2D eigenvalue weighted by molar-refractivity contribution is 5.72. The van der Waals surface area contributed by atoms with Crippen molar-refractivity contribution >= 4 is 5.97 Å². The molecule has 0 aromatic rings. The topological polar surface area (TPSA) is 62.0 Å². The van der Waals surface area contributed by atoms with Crippen LogP contribution in [-0.2, 0) is 4.79 Å². The number of aliphatic carboxylic acids is 1. The Morgan fingerprint density at radius 1 is 1.12 bits per heavy atom. The Morgan fingerprint density at radius 3 is 2.25 bits per heavy atom. The predicted molar refractivity (Wildman–Crippen MR) is 64.8 cm³/mol. The lowest BCUT2D eigenvalue weighted by Crippen LogP contribution is -2.12. The SMILES string of the molecule is CCCCCCCCCN=NC(C)C(=O)O. The lowest BCUT2D eigenvalue weighted by molar-refractivity contribution is -0.138. The largest absolute Gasteiger partial charge is 0.480 e. The van der Waals surface area contributed by atoms with Gasteiger partial charge in [0.15, 0.2) is 6.04 Å². The van der Waals surface area contributed by atoms with Gasteiger partial charge in [-0.2, -0.15) is 10.2 Å². The van der Waals surface area contributed by atoms with Gasteiger partial charge in [0.1, 0.15) is 0 Å². The number of carboxylic acid groups (broad SMARTS) is 1. The van der Waals surface area contributed by atoms with Crippen LogP contribution in [0, 0.1) is 0 Å². The fourth-order valence-electron chi connectivity index (χ4n) is 1.37. The molecule has 94 valence electrons. The normalized spacial score (nSPS) is 13.1. The highest BCUT2D eigenvalue weighted by Gasteiger charge is 2.07. The summed E-state index contributed by atoms with van der Waals surface area (Å²) in [5.41, 5.74) is 0. The lowest BCUT2D eigenvalue weighted by atomic mass is 10.1. The zero-order valence-electron chi connectivity index (χ0n) is 10.5. The van der Waals surface area contributed by atoms with Crippen molar-refractivity contribution in [3.05, 3.63) is 0 Å². The van der Waals surface area contributed by atoms with Crippen molar-refractivity contribution in [1.82, 2.24) is 0 Å². The summed E-state index contributed by atoms with van der Waals surface area (Å²) in [5.74, 6) is -0.914. The van der Waals surface area contributed by atoms with Crippen molar-refractivity contribution in [2.45, 2.75) is 64.8 Å². The Labute approximate surface area is 98.2 Å². The number of carbonyl (C=O) groups is 1. The Morgan fingerprint density at radius 2 is 1.69 bits per heavy atom. The standard InChI is InChI=1S/C12H24N2O2/c1-3-4-5-6-7-8-9-10-13-14-11(2)12(15)16/h11H,3-10H2,1-2H3,(H,15,16). The van der Waals surface area contributed by atoms with Crippen LogP contribution in [0.4, 0.5) is 0 Å². The lowest BCUT2D eigenvalue weighted by Gasteiger charge is -1.99. The van der Waals surface area contributed by atoms with E-state index < -0.39 is 12.0 Å². The average molecular weight is 228 g/mol. The first-order chi connectivity index (χ1) is 7.68. The maximum Gasteiger partial charge on any atom is 0.330 e. The van der Waals surface area contributed by atoms with Crippen LogP contribution >= 0.6 is 0 Å². The van der Waals surface area contributed by atoms with E-state index in [9.17, 15) is 4.79 Å². The molecule has 0 aliphatic heterocycles. The van der Waals surface area contributed by atoms with Crippen molar-refractivity contribution in [2.24, 2.45) is 10.2 Å². The van der Waals surface area contributed by atoms with Crippen LogP contribution in [0.5, 0.6) is 0 Å². The zero-order valence-corrected chi connectivity index (χ0v) is 10.5. The molecule has 0 fully saturated rings. The number of hydrogen-bond donors (Lipinski definition) is 1. The van der Waals surface area contributed by atoms with Crippen molar-refractivity contribution < 1.29 is 9.90 Å². The van der Waals surface area contributed by atoms with Crippen LogP contribution in [0.3, 0.4) is 0 Å². The predicted octanol–water partition coefficient (Wildman–Crippen LogP) is 3.66. The molecule has 0 rings (SSSR count). The summed E-state index contributed by atoms with van der Waals surface area (Å²) in [5, 5.41) is 16.1. The molecule has 1 N–H and O–H groups in total. The third kappa shape index (κ3) is 9.62. The van der Waals surface area contributed by atoms with Gasteiger partial charge in [-0.25, -0.2) is 4.79 Å². The zero-order chi connectivity index (χ0) is 12.2. The van der Waals surface area contributed by atoms with Crippen molar-refractivity contribution in [1.29, 1.82) is 0 Å². The third-order valence-electron chi connectivity index (χ3n) is 2.47. The molecule has 0 aromatic carbocycles. The molecule has 0 aliphatic carbocycles. The molecular formula is C12H24N2O2. The Balaban J connectivity index is 3.23. The van der Waals surface area contributed by atoms with Gasteiger partial charge in [-0.3, -0.25) is 0 Å². The first-order valence-corrected chi connectivity index (χ1v) is 6.28. The van der Waals surface area contributed by atoms with Gasteiger partial charge >= 0.3 is 5.97 Å². The first kappa shape index (κ1) is 15.1. The summed E-state index contributed by atoms with van der Waals surface area (Å²) in [4.78, 5) is 10.4. The second-order valence-corrected chi connectivity index (χ2v) is 4.12. The molecule has 0 bridgehead atoms. The number of hydrogen-bond acceptors (Lipinski definition) is 3. The van der Waals surface area contributed by atoms with Gasteiger partial charge in [-0.1, -0.05) is 45.4 Å². The van der Waals surface area contributed by atoms with Crippen LogP contribution < -0.4 is 0 Å². The molecule has 0 radical (unpaired) electrons. The van der Waals surface area contributed by atoms with Gasteiger partial charge in [0.25, 0.3) is 0 Å². The van der Waals surface area contributed by atoms with Gasteiger partial charge in [0.05, 0.1) is 6.54 Å². The molecule has 0 saturated heterocycles. The molecule has 4 nitrogen and oxygen atoms in total. The fourth-order valence-corrected chi connectivity index (χ4v) is 1.37.